The fourth-order valence-electron chi connectivity index (χ4n) is 4.65. The molecule has 0 saturated heterocycles. The molecule has 0 heterocycles. The zero-order valence-electron chi connectivity index (χ0n) is 21.5. The van der Waals surface area contributed by atoms with Gasteiger partial charge in [-0.05, 0) is 50.9 Å². The highest BCUT2D eigenvalue weighted by atomic mass is 16.4. The quantitative estimate of drug-likeness (QED) is 0.121. The lowest BCUT2D eigenvalue weighted by Gasteiger charge is -2.24. The summed E-state index contributed by atoms with van der Waals surface area (Å²) in [5.41, 5.74) is 0. The molecular weight excluding hydrogens is 380 g/mol. The molecule has 2 heteroatoms. The van der Waals surface area contributed by atoms with Gasteiger partial charge < -0.3 is 5.11 Å². The number of carboxylic acid groups (broad SMARTS) is 1. The van der Waals surface area contributed by atoms with E-state index in [1.165, 1.54) is 109 Å². The highest BCUT2D eigenvalue weighted by Gasteiger charge is 2.26. The molecule has 0 aromatic carbocycles. The van der Waals surface area contributed by atoms with E-state index in [9.17, 15) is 9.90 Å². The topological polar surface area (TPSA) is 37.3 Å². The summed E-state index contributed by atoms with van der Waals surface area (Å²) < 4.78 is 0. The van der Waals surface area contributed by atoms with Crippen LogP contribution in [-0.2, 0) is 4.79 Å². The van der Waals surface area contributed by atoms with Crippen LogP contribution in [-0.4, -0.2) is 11.1 Å². The molecule has 0 bridgehead atoms. The predicted molar refractivity (Wildman–Crippen MR) is 138 cm³/mol. The maximum absolute atomic E-state index is 11.9. The van der Waals surface area contributed by atoms with Crippen LogP contribution in [0.1, 0.15) is 156 Å². The lowest BCUT2D eigenvalue weighted by molar-refractivity contribution is -0.144. The summed E-state index contributed by atoms with van der Waals surface area (Å²) >= 11 is 0. The van der Waals surface area contributed by atoms with Gasteiger partial charge in [-0.2, -0.15) is 0 Å². The molecule has 0 radical (unpaired) electrons. The maximum Gasteiger partial charge on any atom is 0.306 e. The van der Waals surface area contributed by atoms with Crippen molar-refractivity contribution in [1.82, 2.24) is 0 Å². The summed E-state index contributed by atoms with van der Waals surface area (Å²) in [7, 11) is 0. The van der Waals surface area contributed by atoms with E-state index in [0.29, 0.717) is 5.92 Å². The number of unbranched alkanes of at least 4 members (excludes halogenated alkanes) is 14. The Hall–Kier alpha value is -0.790. The number of hydrogen-bond acceptors (Lipinski definition) is 1. The van der Waals surface area contributed by atoms with Crippen LogP contribution in [0.2, 0.25) is 0 Å². The summed E-state index contributed by atoms with van der Waals surface area (Å²) in [6.45, 7) is 6.69. The second-order valence-corrected chi connectivity index (χ2v) is 9.72. The van der Waals surface area contributed by atoms with E-state index in [4.69, 9.17) is 0 Å². The second kappa shape index (κ2) is 23.9. The zero-order valence-corrected chi connectivity index (χ0v) is 21.5. The van der Waals surface area contributed by atoms with Gasteiger partial charge in [-0.25, -0.2) is 0 Å². The number of aliphatic carboxylic acids is 1. The molecule has 0 aromatic rings. The van der Waals surface area contributed by atoms with Crippen LogP contribution in [0.25, 0.3) is 0 Å². The fraction of sp³-hybridized carbons (Fsp3) is 0.897. The minimum atomic E-state index is -0.551. The molecule has 0 aliphatic carbocycles. The minimum Gasteiger partial charge on any atom is -0.481 e. The molecular formula is C29H56O2. The van der Waals surface area contributed by atoms with Crippen molar-refractivity contribution in [2.75, 3.05) is 0 Å². The molecule has 2 nitrogen and oxygen atoms in total. The van der Waals surface area contributed by atoms with Gasteiger partial charge in [0.05, 0.1) is 5.92 Å². The van der Waals surface area contributed by atoms with Crippen molar-refractivity contribution in [2.24, 2.45) is 11.8 Å². The van der Waals surface area contributed by atoms with Crippen molar-refractivity contribution < 1.29 is 9.90 Å². The number of allylic oxidation sites excluding steroid dienone is 2. The summed E-state index contributed by atoms with van der Waals surface area (Å²) in [5, 5.41) is 9.76. The average Bonchev–Trinajstić information content (AvgIpc) is 2.76. The number of rotatable bonds is 24. The molecule has 31 heavy (non-hydrogen) atoms. The van der Waals surface area contributed by atoms with E-state index in [0.717, 1.165) is 25.7 Å². The first-order chi connectivity index (χ1) is 15.2. The Morgan fingerprint density at radius 1 is 0.581 bits per heavy atom. The third-order valence-corrected chi connectivity index (χ3v) is 6.77. The second-order valence-electron chi connectivity index (χ2n) is 9.72. The minimum absolute atomic E-state index is 0.116. The molecule has 1 atom stereocenters. The first kappa shape index (κ1) is 30.2. The molecule has 0 aliphatic rings. The average molecular weight is 437 g/mol. The summed E-state index contributed by atoms with van der Waals surface area (Å²) in [6, 6.07) is 0. The third-order valence-electron chi connectivity index (χ3n) is 6.77. The molecule has 184 valence electrons. The van der Waals surface area contributed by atoms with Crippen molar-refractivity contribution in [3.8, 4) is 0 Å². The van der Waals surface area contributed by atoms with Gasteiger partial charge in [-0.1, -0.05) is 123 Å². The van der Waals surface area contributed by atoms with E-state index in [-0.39, 0.29) is 5.92 Å². The van der Waals surface area contributed by atoms with E-state index in [1.807, 2.05) is 0 Å². The Kier molecular flexibility index (Phi) is 23.3. The largest absolute Gasteiger partial charge is 0.481 e. The first-order valence-electron chi connectivity index (χ1n) is 14.0. The Labute approximate surface area is 195 Å². The van der Waals surface area contributed by atoms with Gasteiger partial charge >= 0.3 is 5.97 Å². The third kappa shape index (κ3) is 19.6. The van der Waals surface area contributed by atoms with Gasteiger partial charge in [-0.15, -0.1) is 0 Å². The molecule has 0 aromatic heterocycles. The fourth-order valence-corrected chi connectivity index (χ4v) is 4.65. The van der Waals surface area contributed by atoms with Crippen LogP contribution >= 0.6 is 0 Å². The van der Waals surface area contributed by atoms with Crippen molar-refractivity contribution in [2.45, 2.75) is 156 Å². The summed E-state index contributed by atoms with van der Waals surface area (Å²) in [6.07, 6.45) is 30.8. The maximum atomic E-state index is 11.9. The SMILES string of the molecule is CCCCCCCC/C=C\CCCCCCCCC(C(=O)O)C(CCCC)CCCC. The van der Waals surface area contributed by atoms with Crippen molar-refractivity contribution >= 4 is 5.97 Å². The Balaban J connectivity index is 3.74. The molecule has 0 amide bonds. The molecule has 1 unspecified atom stereocenters. The lowest BCUT2D eigenvalue weighted by Crippen LogP contribution is -2.24. The van der Waals surface area contributed by atoms with Gasteiger partial charge in [0.15, 0.2) is 0 Å². The number of carbonyl (C=O) groups is 1. The number of hydrogen-bond donors (Lipinski definition) is 1. The summed E-state index contributed by atoms with van der Waals surface area (Å²) in [4.78, 5) is 11.9. The van der Waals surface area contributed by atoms with E-state index < -0.39 is 5.97 Å². The smallest absolute Gasteiger partial charge is 0.306 e. The zero-order chi connectivity index (χ0) is 23.0. The Morgan fingerprint density at radius 2 is 1.00 bits per heavy atom. The normalized spacial score (nSPS) is 12.8. The predicted octanol–water partition coefficient (Wildman–Crippen LogP) is 10.1. The van der Waals surface area contributed by atoms with E-state index in [1.54, 1.807) is 0 Å². The van der Waals surface area contributed by atoms with Gasteiger partial charge in [0.1, 0.15) is 0 Å². The number of carboxylic acids is 1. The van der Waals surface area contributed by atoms with Crippen molar-refractivity contribution in [1.29, 1.82) is 0 Å². The summed E-state index contributed by atoms with van der Waals surface area (Å²) in [5.74, 6) is -0.277. The molecule has 1 N–H and O–H groups in total. The van der Waals surface area contributed by atoms with Crippen molar-refractivity contribution in [3.05, 3.63) is 12.2 Å². The van der Waals surface area contributed by atoms with Crippen molar-refractivity contribution in [3.63, 3.8) is 0 Å². The molecule has 0 aliphatic heterocycles. The highest BCUT2D eigenvalue weighted by Crippen LogP contribution is 2.29. The molecule has 0 saturated carbocycles. The standard InChI is InChI=1S/C29H56O2/c1-4-7-10-11-12-13-14-15-16-17-18-19-20-21-22-23-26-28(29(30)31)27(24-8-5-2)25-9-6-3/h15-16,27-28H,4-14,17-26H2,1-3H3,(H,30,31)/b16-15-. The van der Waals surface area contributed by atoms with Gasteiger partial charge in [0.2, 0.25) is 0 Å². The molecule has 0 spiro atoms. The molecule has 0 fully saturated rings. The van der Waals surface area contributed by atoms with Crippen LogP contribution < -0.4 is 0 Å². The van der Waals surface area contributed by atoms with E-state index in [2.05, 4.69) is 32.9 Å². The van der Waals surface area contributed by atoms with Crippen LogP contribution in [0.3, 0.4) is 0 Å². The lowest BCUT2D eigenvalue weighted by atomic mass is 9.81. The van der Waals surface area contributed by atoms with Gasteiger partial charge in [-0.3, -0.25) is 4.79 Å². The molecule has 0 rings (SSSR count). The van der Waals surface area contributed by atoms with Crippen LogP contribution in [0, 0.1) is 11.8 Å². The van der Waals surface area contributed by atoms with Crippen LogP contribution in [0.4, 0.5) is 0 Å². The highest BCUT2D eigenvalue weighted by molar-refractivity contribution is 5.70. The first-order valence-corrected chi connectivity index (χ1v) is 14.0. The van der Waals surface area contributed by atoms with Crippen LogP contribution in [0.5, 0.6) is 0 Å². The van der Waals surface area contributed by atoms with Crippen LogP contribution in [0.15, 0.2) is 12.2 Å². The van der Waals surface area contributed by atoms with E-state index >= 15 is 0 Å². The van der Waals surface area contributed by atoms with Gasteiger partial charge in [0, 0.05) is 0 Å². The monoisotopic (exact) mass is 436 g/mol. The van der Waals surface area contributed by atoms with Gasteiger partial charge in [0.25, 0.3) is 0 Å². The Morgan fingerprint density at radius 3 is 1.45 bits per heavy atom. The Bertz CT molecular complexity index is 394.